The number of aryl methyl sites for hydroxylation is 1. The highest BCUT2D eigenvalue weighted by Crippen LogP contribution is 2.38. The second-order valence-electron chi connectivity index (χ2n) is 7.47. The minimum Gasteiger partial charge on any atom is -0.411 e. The molecule has 1 aliphatic heterocycles. The van der Waals surface area contributed by atoms with Crippen LogP contribution in [-0.2, 0) is 16.2 Å². The number of ether oxygens (including phenoxy) is 1. The number of hydrogen-bond acceptors (Lipinski definition) is 4. The first-order valence-electron chi connectivity index (χ1n) is 7.69. The van der Waals surface area contributed by atoms with Crippen molar-refractivity contribution in [1.82, 2.24) is 9.78 Å². The minimum atomic E-state index is -1.70. The largest absolute Gasteiger partial charge is 0.411 e. The summed E-state index contributed by atoms with van der Waals surface area (Å²) < 4.78 is 14.1. The molecule has 0 spiro atoms. The van der Waals surface area contributed by atoms with Crippen molar-refractivity contribution in [3.05, 3.63) is 12.4 Å². The molecule has 5 nitrogen and oxygen atoms in total. The molecule has 6 heteroatoms. The van der Waals surface area contributed by atoms with Gasteiger partial charge < -0.3 is 14.5 Å². The van der Waals surface area contributed by atoms with Crippen LogP contribution in [-0.4, -0.2) is 43.5 Å². The number of aromatic nitrogens is 2. The first kappa shape index (κ1) is 16.5. The predicted molar refractivity (Wildman–Crippen MR) is 88.1 cm³/mol. The fraction of sp³-hybridized carbons (Fsp3) is 0.800. The van der Waals surface area contributed by atoms with Crippen molar-refractivity contribution < 1.29 is 9.16 Å². The lowest BCUT2D eigenvalue weighted by Crippen LogP contribution is -2.44. The summed E-state index contributed by atoms with van der Waals surface area (Å²) in [5.74, 6) is 0. The van der Waals surface area contributed by atoms with Crippen LogP contribution in [0.2, 0.25) is 18.1 Å². The zero-order chi connectivity index (χ0) is 15.7. The molecule has 2 heterocycles. The highest BCUT2D eigenvalue weighted by atomic mass is 28.4. The fourth-order valence-electron chi connectivity index (χ4n) is 2.23. The molecule has 2 rings (SSSR count). The standard InChI is InChI=1S/C15H29N3O2Si/c1-15(2,3)21(5,6)20-14-7-13(19-11-14)9-16-12-8-17-18(4)10-12/h8,10,13-14,16H,7,9,11H2,1-6H3/t13-,14-/m0/s1. The van der Waals surface area contributed by atoms with Crippen molar-refractivity contribution >= 4 is 14.0 Å². The summed E-state index contributed by atoms with van der Waals surface area (Å²) in [6.45, 7) is 12.9. The molecule has 1 aliphatic rings. The van der Waals surface area contributed by atoms with E-state index < -0.39 is 8.32 Å². The average molecular weight is 312 g/mol. The normalized spacial score (nSPS) is 23.5. The Hall–Kier alpha value is -0.853. The third kappa shape index (κ3) is 4.31. The summed E-state index contributed by atoms with van der Waals surface area (Å²) in [4.78, 5) is 0. The van der Waals surface area contributed by atoms with Crippen LogP contribution in [0.25, 0.3) is 0 Å². The van der Waals surface area contributed by atoms with Gasteiger partial charge in [-0.3, -0.25) is 4.68 Å². The quantitative estimate of drug-likeness (QED) is 0.849. The Morgan fingerprint density at radius 2 is 2.19 bits per heavy atom. The zero-order valence-electron chi connectivity index (χ0n) is 14.1. The minimum absolute atomic E-state index is 0.222. The molecular formula is C15H29N3O2Si. The monoisotopic (exact) mass is 311 g/mol. The molecule has 0 bridgehead atoms. The SMILES string of the molecule is Cn1cc(NC[C@@H]2C[C@H](O[Si](C)(C)C(C)(C)C)CO2)cn1. The molecule has 2 atom stereocenters. The first-order valence-corrected chi connectivity index (χ1v) is 10.6. The summed E-state index contributed by atoms with van der Waals surface area (Å²) in [5, 5.41) is 7.76. The van der Waals surface area contributed by atoms with Gasteiger partial charge in [0.15, 0.2) is 8.32 Å². The van der Waals surface area contributed by atoms with E-state index in [1.54, 1.807) is 4.68 Å². The molecular weight excluding hydrogens is 282 g/mol. The van der Waals surface area contributed by atoms with E-state index >= 15 is 0 Å². The summed E-state index contributed by atoms with van der Waals surface area (Å²) in [7, 11) is 0.220. The van der Waals surface area contributed by atoms with Crippen molar-refractivity contribution in [1.29, 1.82) is 0 Å². The molecule has 1 aromatic rings. The molecule has 1 fully saturated rings. The number of rotatable bonds is 5. The Balaban J connectivity index is 1.78. The third-order valence-corrected chi connectivity index (χ3v) is 9.08. The molecule has 0 saturated carbocycles. The van der Waals surface area contributed by atoms with Gasteiger partial charge in [-0.05, 0) is 18.1 Å². The zero-order valence-corrected chi connectivity index (χ0v) is 15.1. The van der Waals surface area contributed by atoms with E-state index in [0.717, 1.165) is 18.7 Å². The molecule has 0 aliphatic carbocycles. The van der Waals surface area contributed by atoms with Crippen molar-refractivity contribution in [2.24, 2.45) is 7.05 Å². The number of hydrogen-bond donors (Lipinski definition) is 1. The van der Waals surface area contributed by atoms with Crippen LogP contribution in [0.4, 0.5) is 5.69 Å². The van der Waals surface area contributed by atoms with Gasteiger partial charge in [0.2, 0.25) is 0 Å². The van der Waals surface area contributed by atoms with Gasteiger partial charge in [-0.25, -0.2) is 0 Å². The van der Waals surface area contributed by atoms with Crippen LogP contribution < -0.4 is 5.32 Å². The maximum absolute atomic E-state index is 6.42. The number of anilines is 1. The fourth-order valence-corrected chi connectivity index (χ4v) is 3.59. The summed E-state index contributed by atoms with van der Waals surface area (Å²) in [6.07, 6.45) is 5.24. The summed E-state index contributed by atoms with van der Waals surface area (Å²) >= 11 is 0. The van der Waals surface area contributed by atoms with E-state index in [1.165, 1.54) is 0 Å². The van der Waals surface area contributed by atoms with E-state index in [9.17, 15) is 0 Å². The Labute approximate surface area is 129 Å². The van der Waals surface area contributed by atoms with E-state index in [1.807, 2.05) is 19.4 Å². The van der Waals surface area contributed by atoms with E-state index in [0.29, 0.717) is 6.61 Å². The molecule has 120 valence electrons. The van der Waals surface area contributed by atoms with Gasteiger partial charge in [-0.15, -0.1) is 0 Å². The van der Waals surface area contributed by atoms with Crippen molar-refractivity contribution in [3.63, 3.8) is 0 Å². The predicted octanol–water partition coefficient (Wildman–Crippen LogP) is 3.01. The van der Waals surface area contributed by atoms with Crippen LogP contribution in [0.1, 0.15) is 27.2 Å². The Bertz CT molecular complexity index is 468. The molecule has 0 unspecified atom stereocenters. The Morgan fingerprint density at radius 3 is 2.76 bits per heavy atom. The molecule has 1 aromatic heterocycles. The van der Waals surface area contributed by atoms with Gasteiger partial charge in [-0.1, -0.05) is 20.8 Å². The Morgan fingerprint density at radius 1 is 1.48 bits per heavy atom. The van der Waals surface area contributed by atoms with Crippen LogP contribution in [0.5, 0.6) is 0 Å². The van der Waals surface area contributed by atoms with Gasteiger partial charge in [0.25, 0.3) is 0 Å². The van der Waals surface area contributed by atoms with Gasteiger partial charge in [0, 0.05) is 26.2 Å². The van der Waals surface area contributed by atoms with Crippen molar-refractivity contribution in [2.75, 3.05) is 18.5 Å². The highest BCUT2D eigenvalue weighted by molar-refractivity contribution is 6.74. The van der Waals surface area contributed by atoms with Crippen molar-refractivity contribution in [2.45, 2.75) is 57.5 Å². The molecule has 0 amide bonds. The van der Waals surface area contributed by atoms with E-state index in [-0.39, 0.29) is 17.2 Å². The topological polar surface area (TPSA) is 48.3 Å². The molecule has 1 N–H and O–H groups in total. The second-order valence-corrected chi connectivity index (χ2v) is 12.2. The molecule has 1 saturated heterocycles. The third-order valence-electron chi connectivity index (χ3n) is 4.55. The van der Waals surface area contributed by atoms with Gasteiger partial charge in [0.05, 0.1) is 30.7 Å². The molecule has 0 radical (unpaired) electrons. The maximum atomic E-state index is 6.42. The second kappa shape index (κ2) is 6.10. The van der Waals surface area contributed by atoms with Crippen LogP contribution in [0, 0.1) is 0 Å². The lowest BCUT2D eigenvalue weighted by atomic mass is 10.2. The maximum Gasteiger partial charge on any atom is 0.192 e. The van der Waals surface area contributed by atoms with E-state index in [4.69, 9.17) is 9.16 Å². The number of nitrogens with zero attached hydrogens (tertiary/aromatic N) is 2. The number of nitrogens with one attached hydrogen (secondary N) is 1. The van der Waals surface area contributed by atoms with Crippen LogP contribution in [0.3, 0.4) is 0 Å². The summed E-state index contributed by atoms with van der Waals surface area (Å²) in [6, 6.07) is 0. The lowest BCUT2D eigenvalue weighted by Gasteiger charge is -2.38. The Kier molecular flexibility index (Phi) is 4.80. The van der Waals surface area contributed by atoms with Gasteiger partial charge in [-0.2, -0.15) is 5.10 Å². The van der Waals surface area contributed by atoms with E-state index in [2.05, 4.69) is 44.3 Å². The van der Waals surface area contributed by atoms with Gasteiger partial charge >= 0.3 is 0 Å². The van der Waals surface area contributed by atoms with Crippen LogP contribution >= 0.6 is 0 Å². The van der Waals surface area contributed by atoms with Gasteiger partial charge in [0.1, 0.15) is 0 Å². The van der Waals surface area contributed by atoms with Crippen LogP contribution in [0.15, 0.2) is 12.4 Å². The molecule has 21 heavy (non-hydrogen) atoms. The lowest BCUT2D eigenvalue weighted by molar-refractivity contribution is 0.0971. The molecule has 0 aromatic carbocycles. The smallest absolute Gasteiger partial charge is 0.192 e. The highest BCUT2D eigenvalue weighted by Gasteiger charge is 2.41. The summed E-state index contributed by atoms with van der Waals surface area (Å²) in [5.41, 5.74) is 1.04. The first-order chi connectivity index (χ1) is 9.67. The van der Waals surface area contributed by atoms with Crippen molar-refractivity contribution in [3.8, 4) is 0 Å². The average Bonchev–Trinajstić information content (AvgIpc) is 2.94.